The van der Waals surface area contributed by atoms with Crippen LogP contribution in [-0.4, -0.2) is 17.7 Å². The Balaban J connectivity index is 0.000000496. The SMILES string of the molecule is CCC(C)(C(=O)OC(C)(C)C)C(F)(F)F.CCC(C)C1CCCCC1. The van der Waals surface area contributed by atoms with Gasteiger partial charge in [0, 0.05) is 0 Å². The summed E-state index contributed by atoms with van der Waals surface area (Å²) in [5.41, 5.74) is -3.32. The van der Waals surface area contributed by atoms with Gasteiger partial charge in [0.15, 0.2) is 5.41 Å². The fraction of sp³-hybridized carbons (Fsp3) is 0.950. The van der Waals surface area contributed by atoms with Gasteiger partial charge in [-0.05, 0) is 46.0 Å². The first-order valence-electron chi connectivity index (χ1n) is 9.58. The van der Waals surface area contributed by atoms with Crippen molar-refractivity contribution in [2.24, 2.45) is 17.3 Å². The molecule has 150 valence electrons. The Morgan fingerprint density at radius 2 is 1.52 bits per heavy atom. The normalized spacial score (nSPS) is 20.1. The minimum Gasteiger partial charge on any atom is -0.459 e. The smallest absolute Gasteiger partial charge is 0.404 e. The summed E-state index contributed by atoms with van der Waals surface area (Å²) in [6.07, 6.45) is 3.97. The fourth-order valence-corrected chi connectivity index (χ4v) is 2.89. The van der Waals surface area contributed by atoms with Gasteiger partial charge in [-0.15, -0.1) is 0 Å². The highest BCUT2D eigenvalue weighted by Crippen LogP contribution is 2.42. The molecule has 1 fully saturated rings. The van der Waals surface area contributed by atoms with Gasteiger partial charge in [0.05, 0.1) is 0 Å². The molecule has 0 radical (unpaired) electrons. The molecular formula is C20H37F3O2. The molecule has 1 rings (SSSR count). The summed E-state index contributed by atoms with van der Waals surface area (Å²) < 4.78 is 42.6. The topological polar surface area (TPSA) is 26.3 Å². The first-order chi connectivity index (χ1) is 11.3. The van der Waals surface area contributed by atoms with E-state index in [-0.39, 0.29) is 6.42 Å². The van der Waals surface area contributed by atoms with Crippen molar-refractivity contribution in [3.05, 3.63) is 0 Å². The van der Waals surface area contributed by atoms with E-state index in [1.807, 2.05) is 0 Å². The first kappa shape index (κ1) is 24.3. The van der Waals surface area contributed by atoms with Crippen molar-refractivity contribution < 1.29 is 22.7 Å². The van der Waals surface area contributed by atoms with Gasteiger partial charge in [-0.25, -0.2) is 0 Å². The van der Waals surface area contributed by atoms with Crippen molar-refractivity contribution in [3.63, 3.8) is 0 Å². The number of halogens is 3. The highest BCUT2D eigenvalue weighted by atomic mass is 19.4. The Morgan fingerprint density at radius 1 is 1.04 bits per heavy atom. The highest BCUT2D eigenvalue weighted by Gasteiger charge is 2.57. The van der Waals surface area contributed by atoms with Crippen LogP contribution in [0.5, 0.6) is 0 Å². The van der Waals surface area contributed by atoms with Gasteiger partial charge in [-0.2, -0.15) is 13.2 Å². The Morgan fingerprint density at radius 3 is 1.84 bits per heavy atom. The molecule has 0 aromatic heterocycles. The van der Waals surface area contributed by atoms with Gasteiger partial charge in [0.1, 0.15) is 5.60 Å². The van der Waals surface area contributed by atoms with Crippen LogP contribution in [-0.2, 0) is 9.53 Å². The fourth-order valence-electron chi connectivity index (χ4n) is 2.89. The first-order valence-corrected chi connectivity index (χ1v) is 9.58. The van der Waals surface area contributed by atoms with Crippen molar-refractivity contribution in [3.8, 4) is 0 Å². The van der Waals surface area contributed by atoms with Gasteiger partial charge in [-0.3, -0.25) is 4.79 Å². The van der Waals surface area contributed by atoms with Crippen LogP contribution in [0.15, 0.2) is 0 Å². The van der Waals surface area contributed by atoms with Crippen molar-refractivity contribution in [2.45, 2.75) is 105 Å². The van der Waals surface area contributed by atoms with Crippen LogP contribution in [0.3, 0.4) is 0 Å². The molecule has 2 atom stereocenters. The molecule has 2 unspecified atom stereocenters. The third kappa shape index (κ3) is 8.00. The number of hydrogen-bond acceptors (Lipinski definition) is 2. The van der Waals surface area contributed by atoms with Crippen LogP contribution in [0.2, 0.25) is 0 Å². The molecule has 2 nitrogen and oxygen atoms in total. The minimum atomic E-state index is -4.58. The highest BCUT2D eigenvalue weighted by molar-refractivity contribution is 5.77. The molecule has 1 aliphatic rings. The second-order valence-electron chi connectivity index (χ2n) is 8.47. The molecule has 0 amide bonds. The molecular weight excluding hydrogens is 329 g/mol. The number of carbonyl (C=O) groups excluding carboxylic acids is 1. The van der Waals surface area contributed by atoms with E-state index in [4.69, 9.17) is 4.74 Å². The van der Waals surface area contributed by atoms with Gasteiger partial charge in [0.2, 0.25) is 0 Å². The quantitative estimate of drug-likeness (QED) is 0.505. The molecule has 0 aromatic rings. The van der Waals surface area contributed by atoms with E-state index in [1.165, 1.54) is 66.2 Å². The Labute approximate surface area is 151 Å². The average Bonchev–Trinajstić information content (AvgIpc) is 2.52. The predicted molar refractivity (Wildman–Crippen MR) is 96.3 cm³/mol. The molecule has 0 aromatic carbocycles. The molecule has 1 saturated carbocycles. The lowest BCUT2D eigenvalue weighted by Gasteiger charge is -2.32. The third-order valence-corrected chi connectivity index (χ3v) is 5.28. The number of rotatable bonds is 4. The lowest BCUT2D eigenvalue weighted by atomic mass is 9.80. The predicted octanol–water partition coefficient (Wildman–Crippen LogP) is 6.92. The summed E-state index contributed by atoms with van der Waals surface area (Å²) in [6.45, 7) is 11.5. The molecule has 0 saturated heterocycles. The number of ether oxygens (including phenoxy) is 1. The maximum absolute atomic E-state index is 12.6. The van der Waals surface area contributed by atoms with Crippen molar-refractivity contribution >= 4 is 5.97 Å². The van der Waals surface area contributed by atoms with Crippen LogP contribution in [0.4, 0.5) is 13.2 Å². The van der Waals surface area contributed by atoms with Crippen LogP contribution < -0.4 is 0 Å². The summed E-state index contributed by atoms with van der Waals surface area (Å²) in [4.78, 5) is 11.4. The zero-order chi connectivity index (χ0) is 19.9. The van der Waals surface area contributed by atoms with E-state index < -0.39 is 23.2 Å². The largest absolute Gasteiger partial charge is 0.459 e. The Hall–Kier alpha value is -0.740. The zero-order valence-corrected chi connectivity index (χ0v) is 17.1. The lowest BCUT2D eigenvalue weighted by Crippen LogP contribution is -2.45. The molecule has 0 aliphatic heterocycles. The van der Waals surface area contributed by atoms with Crippen molar-refractivity contribution in [2.75, 3.05) is 0 Å². The summed E-state index contributed by atoms with van der Waals surface area (Å²) in [5, 5.41) is 0. The second-order valence-corrected chi connectivity index (χ2v) is 8.47. The standard InChI is InChI=1S/C10H17F3O2.C10H20/c1-6-9(5,10(11,12)13)7(14)15-8(2,3)4;1-3-9(2)10-7-5-4-6-8-10/h6H2,1-5H3;9-10H,3-8H2,1-2H3. The van der Waals surface area contributed by atoms with Crippen molar-refractivity contribution in [1.82, 2.24) is 0 Å². The minimum absolute atomic E-state index is 0.328. The van der Waals surface area contributed by atoms with Gasteiger partial charge in [0.25, 0.3) is 0 Å². The average molecular weight is 367 g/mol. The van der Waals surface area contributed by atoms with Crippen LogP contribution in [0.25, 0.3) is 0 Å². The molecule has 1 aliphatic carbocycles. The molecule has 0 heterocycles. The van der Waals surface area contributed by atoms with E-state index in [0.717, 1.165) is 18.8 Å². The summed E-state index contributed by atoms with van der Waals surface area (Å²) >= 11 is 0. The van der Waals surface area contributed by atoms with Crippen molar-refractivity contribution in [1.29, 1.82) is 0 Å². The van der Waals surface area contributed by atoms with E-state index >= 15 is 0 Å². The molecule has 0 spiro atoms. The van der Waals surface area contributed by atoms with E-state index in [2.05, 4.69) is 13.8 Å². The number of alkyl halides is 3. The monoisotopic (exact) mass is 366 g/mol. The third-order valence-electron chi connectivity index (χ3n) is 5.28. The molecule has 0 N–H and O–H groups in total. The number of carbonyl (C=O) groups is 1. The second kappa shape index (κ2) is 9.82. The van der Waals surface area contributed by atoms with Crippen LogP contribution >= 0.6 is 0 Å². The molecule has 5 heteroatoms. The maximum Gasteiger partial charge on any atom is 0.404 e. The van der Waals surface area contributed by atoms with Gasteiger partial charge in [-0.1, -0.05) is 59.3 Å². The van der Waals surface area contributed by atoms with E-state index in [0.29, 0.717) is 0 Å². The number of esters is 1. The summed E-state index contributed by atoms with van der Waals surface area (Å²) in [5.74, 6) is 0.837. The van der Waals surface area contributed by atoms with Gasteiger partial charge >= 0.3 is 12.1 Å². The lowest BCUT2D eigenvalue weighted by molar-refractivity contribution is -0.236. The van der Waals surface area contributed by atoms with E-state index in [1.54, 1.807) is 0 Å². The molecule has 0 bridgehead atoms. The Kier molecular flexibility index (Phi) is 9.53. The number of hydrogen-bond donors (Lipinski definition) is 0. The summed E-state index contributed by atoms with van der Waals surface area (Å²) in [6, 6.07) is 0. The maximum atomic E-state index is 12.6. The Bertz CT molecular complexity index is 393. The molecule has 25 heavy (non-hydrogen) atoms. The van der Waals surface area contributed by atoms with Crippen LogP contribution in [0, 0.1) is 17.3 Å². The zero-order valence-electron chi connectivity index (χ0n) is 17.1. The van der Waals surface area contributed by atoms with Gasteiger partial charge < -0.3 is 4.74 Å². The van der Waals surface area contributed by atoms with Crippen LogP contribution in [0.1, 0.15) is 93.4 Å². The van der Waals surface area contributed by atoms with E-state index in [9.17, 15) is 18.0 Å². The summed E-state index contributed by atoms with van der Waals surface area (Å²) in [7, 11) is 0.